The van der Waals surface area contributed by atoms with Gasteiger partial charge < -0.3 is 4.74 Å². The maximum atomic E-state index is 11.7. The van der Waals surface area contributed by atoms with Crippen LogP contribution in [0.25, 0.3) is 0 Å². The molecule has 1 heterocycles. The number of esters is 1. The summed E-state index contributed by atoms with van der Waals surface area (Å²) >= 11 is 0. The molecule has 0 N–H and O–H groups in total. The van der Waals surface area contributed by atoms with Gasteiger partial charge in [0.05, 0.1) is 12.5 Å². The largest absolute Gasteiger partial charge is 0.465 e. The quantitative estimate of drug-likeness (QED) is 0.657. The van der Waals surface area contributed by atoms with Crippen molar-refractivity contribution < 1.29 is 9.53 Å². The number of cyclic esters (lactones) is 1. The number of carbonyl (C=O) groups is 1. The van der Waals surface area contributed by atoms with Gasteiger partial charge in [-0.15, -0.1) is 0 Å². The van der Waals surface area contributed by atoms with Gasteiger partial charge in [-0.05, 0) is 37.3 Å². The van der Waals surface area contributed by atoms with Crippen molar-refractivity contribution >= 4 is 5.97 Å². The van der Waals surface area contributed by atoms with Gasteiger partial charge in [0.25, 0.3) is 0 Å². The molecule has 1 aromatic carbocycles. The fourth-order valence-electron chi connectivity index (χ4n) is 2.10. The molecular formula is C13H16O2. The van der Waals surface area contributed by atoms with E-state index in [1.807, 2.05) is 31.2 Å². The molecule has 80 valence electrons. The average Bonchev–Trinajstić information content (AvgIpc) is 2.44. The van der Waals surface area contributed by atoms with Crippen molar-refractivity contribution in [2.75, 3.05) is 6.61 Å². The molecule has 15 heavy (non-hydrogen) atoms. The molecule has 1 aromatic rings. The van der Waals surface area contributed by atoms with Crippen molar-refractivity contribution in [2.24, 2.45) is 0 Å². The third-order valence-corrected chi connectivity index (χ3v) is 2.98. The zero-order valence-electron chi connectivity index (χ0n) is 9.03. The number of hydrogen-bond donors (Lipinski definition) is 0. The summed E-state index contributed by atoms with van der Waals surface area (Å²) < 4.78 is 5.19. The minimum absolute atomic E-state index is 0.0475. The number of carbonyl (C=O) groups excluding carboxylic acids is 1. The standard InChI is InChI=1S/C13H16O2/c1-10-6-2-3-7-11(10)12-8-4-5-9-15-13(12)14/h2-3,6-7,12H,4-5,8-9H2,1H3. The summed E-state index contributed by atoms with van der Waals surface area (Å²) in [6.45, 7) is 2.63. The Morgan fingerprint density at radius 1 is 1.27 bits per heavy atom. The molecule has 1 atom stereocenters. The Hall–Kier alpha value is -1.31. The van der Waals surface area contributed by atoms with E-state index in [-0.39, 0.29) is 11.9 Å². The fourth-order valence-corrected chi connectivity index (χ4v) is 2.10. The first kappa shape index (κ1) is 10.2. The fraction of sp³-hybridized carbons (Fsp3) is 0.462. The van der Waals surface area contributed by atoms with Crippen LogP contribution in [0.15, 0.2) is 24.3 Å². The predicted molar refractivity (Wildman–Crippen MR) is 58.7 cm³/mol. The highest BCUT2D eigenvalue weighted by molar-refractivity contribution is 5.78. The Bertz CT molecular complexity index is 357. The van der Waals surface area contributed by atoms with Crippen molar-refractivity contribution in [2.45, 2.75) is 32.1 Å². The number of benzene rings is 1. The second-order valence-corrected chi connectivity index (χ2v) is 4.07. The molecule has 0 spiro atoms. The Morgan fingerprint density at radius 2 is 2.07 bits per heavy atom. The van der Waals surface area contributed by atoms with Crippen molar-refractivity contribution in [3.63, 3.8) is 0 Å². The van der Waals surface area contributed by atoms with Crippen LogP contribution in [0.5, 0.6) is 0 Å². The van der Waals surface area contributed by atoms with E-state index < -0.39 is 0 Å². The molecule has 1 aliphatic heterocycles. The topological polar surface area (TPSA) is 26.3 Å². The monoisotopic (exact) mass is 204 g/mol. The highest BCUT2D eigenvalue weighted by Crippen LogP contribution is 2.28. The van der Waals surface area contributed by atoms with Crippen LogP contribution in [-0.2, 0) is 9.53 Å². The van der Waals surface area contributed by atoms with Gasteiger partial charge in [-0.2, -0.15) is 0 Å². The van der Waals surface area contributed by atoms with Gasteiger partial charge in [-0.3, -0.25) is 4.79 Å². The average molecular weight is 204 g/mol. The Morgan fingerprint density at radius 3 is 2.87 bits per heavy atom. The zero-order chi connectivity index (χ0) is 10.7. The van der Waals surface area contributed by atoms with Crippen molar-refractivity contribution in [3.05, 3.63) is 35.4 Å². The van der Waals surface area contributed by atoms with Crippen LogP contribution in [0, 0.1) is 6.92 Å². The van der Waals surface area contributed by atoms with Crippen LogP contribution in [0.3, 0.4) is 0 Å². The number of ether oxygens (including phenoxy) is 1. The SMILES string of the molecule is Cc1ccccc1C1CCCCOC1=O. The maximum Gasteiger partial charge on any atom is 0.313 e. The predicted octanol–water partition coefficient (Wildman–Crippen LogP) is 2.81. The summed E-state index contributed by atoms with van der Waals surface area (Å²) in [6.07, 6.45) is 2.99. The first-order chi connectivity index (χ1) is 7.29. The minimum atomic E-state index is -0.0539. The van der Waals surface area contributed by atoms with Crippen LogP contribution in [0.4, 0.5) is 0 Å². The van der Waals surface area contributed by atoms with Crippen LogP contribution >= 0.6 is 0 Å². The lowest BCUT2D eigenvalue weighted by Crippen LogP contribution is -2.14. The van der Waals surface area contributed by atoms with Crippen LogP contribution in [0.1, 0.15) is 36.3 Å². The molecule has 0 saturated carbocycles. The highest BCUT2D eigenvalue weighted by atomic mass is 16.5. The number of rotatable bonds is 1. The minimum Gasteiger partial charge on any atom is -0.465 e. The Balaban J connectivity index is 2.28. The van der Waals surface area contributed by atoms with E-state index in [1.54, 1.807) is 0 Å². The normalized spacial score (nSPS) is 21.9. The van der Waals surface area contributed by atoms with Gasteiger partial charge in [-0.25, -0.2) is 0 Å². The second-order valence-electron chi connectivity index (χ2n) is 4.07. The van der Waals surface area contributed by atoms with Crippen molar-refractivity contribution in [1.29, 1.82) is 0 Å². The van der Waals surface area contributed by atoms with E-state index >= 15 is 0 Å². The van der Waals surface area contributed by atoms with Gasteiger partial charge in [0.15, 0.2) is 0 Å². The summed E-state index contributed by atoms with van der Waals surface area (Å²) in [4.78, 5) is 11.7. The molecule has 0 aromatic heterocycles. The summed E-state index contributed by atoms with van der Waals surface area (Å²) in [5.74, 6) is -0.101. The Kier molecular flexibility index (Phi) is 3.05. The lowest BCUT2D eigenvalue weighted by molar-refractivity contribution is -0.144. The first-order valence-corrected chi connectivity index (χ1v) is 5.51. The molecule has 1 saturated heterocycles. The lowest BCUT2D eigenvalue weighted by Gasteiger charge is -2.14. The summed E-state index contributed by atoms with van der Waals surface area (Å²) in [5.41, 5.74) is 2.31. The van der Waals surface area contributed by atoms with Crippen molar-refractivity contribution in [3.8, 4) is 0 Å². The molecule has 1 fully saturated rings. The number of hydrogen-bond acceptors (Lipinski definition) is 2. The van der Waals surface area contributed by atoms with E-state index in [0.29, 0.717) is 6.61 Å². The van der Waals surface area contributed by atoms with Crippen LogP contribution < -0.4 is 0 Å². The van der Waals surface area contributed by atoms with E-state index in [9.17, 15) is 4.79 Å². The molecule has 2 rings (SSSR count). The molecular weight excluding hydrogens is 188 g/mol. The van der Waals surface area contributed by atoms with Gasteiger partial charge in [0.2, 0.25) is 0 Å². The third kappa shape index (κ3) is 2.20. The first-order valence-electron chi connectivity index (χ1n) is 5.51. The van der Waals surface area contributed by atoms with Crippen LogP contribution in [-0.4, -0.2) is 12.6 Å². The summed E-state index contributed by atoms with van der Waals surface area (Å²) in [5, 5.41) is 0. The molecule has 1 unspecified atom stereocenters. The van der Waals surface area contributed by atoms with Gasteiger partial charge in [0.1, 0.15) is 0 Å². The molecule has 2 heteroatoms. The van der Waals surface area contributed by atoms with Gasteiger partial charge in [-0.1, -0.05) is 24.3 Å². The van der Waals surface area contributed by atoms with E-state index in [4.69, 9.17) is 4.74 Å². The lowest BCUT2D eigenvalue weighted by atomic mass is 9.91. The van der Waals surface area contributed by atoms with E-state index in [2.05, 4.69) is 0 Å². The smallest absolute Gasteiger partial charge is 0.313 e. The van der Waals surface area contributed by atoms with E-state index in [1.165, 1.54) is 5.56 Å². The number of aryl methyl sites for hydroxylation is 1. The van der Waals surface area contributed by atoms with Gasteiger partial charge >= 0.3 is 5.97 Å². The van der Waals surface area contributed by atoms with Crippen molar-refractivity contribution in [1.82, 2.24) is 0 Å². The second kappa shape index (κ2) is 4.47. The summed E-state index contributed by atoms with van der Waals surface area (Å²) in [6, 6.07) is 8.07. The zero-order valence-corrected chi connectivity index (χ0v) is 9.03. The molecule has 2 nitrogen and oxygen atoms in total. The van der Waals surface area contributed by atoms with Crippen LogP contribution in [0.2, 0.25) is 0 Å². The maximum absolute atomic E-state index is 11.7. The molecule has 0 bridgehead atoms. The summed E-state index contributed by atoms with van der Waals surface area (Å²) in [7, 11) is 0. The van der Waals surface area contributed by atoms with E-state index in [0.717, 1.165) is 24.8 Å². The van der Waals surface area contributed by atoms with Gasteiger partial charge in [0, 0.05) is 0 Å². The third-order valence-electron chi connectivity index (χ3n) is 2.98. The molecule has 0 radical (unpaired) electrons. The molecule has 1 aliphatic rings. The molecule has 0 amide bonds. The molecule has 0 aliphatic carbocycles. The highest BCUT2D eigenvalue weighted by Gasteiger charge is 2.25. The Labute approximate surface area is 90.3 Å².